The first-order valence-corrected chi connectivity index (χ1v) is 7.10. The maximum absolute atomic E-state index is 11.0. The predicted molar refractivity (Wildman–Crippen MR) is 80.4 cm³/mol. The minimum absolute atomic E-state index is 0.488. The van der Waals surface area contributed by atoms with Gasteiger partial charge in [0, 0.05) is 25.2 Å². The van der Waals surface area contributed by atoms with E-state index in [-0.39, 0.29) is 0 Å². The zero-order valence-corrected chi connectivity index (χ0v) is 11.8. The van der Waals surface area contributed by atoms with E-state index >= 15 is 0 Å². The SMILES string of the molecule is CC(C(=O)O)c1ccc2c(c1)sc1ccc(Cl)cc12. The maximum atomic E-state index is 11.0. The number of hydrogen-bond donors (Lipinski definition) is 1. The molecule has 3 rings (SSSR count). The fourth-order valence-corrected chi connectivity index (χ4v) is 3.48. The van der Waals surface area contributed by atoms with Crippen LogP contribution in [0.25, 0.3) is 20.2 Å². The Hall–Kier alpha value is -1.58. The van der Waals surface area contributed by atoms with Crippen LogP contribution in [-0.4, -0.2) is 11.1 Å². The van der Waals surface area contributed by atoms with Crippen molar-refractivity contribution in [2.75, 3.05) is 0 Å². The van der Waals surface area contributed by atoms with E-state index in [0.29, 0.717) is 0 Å². The molecule has 0 saturated carbocycles. The van der Waals surface area contributed by atoms with Gasteiger partial charge in [0.25, 0.3) is 0 Å². The highest BCUT2D eigenvalue weighted by molar-refractivity contribution is 7.25. The number of rotatable bonds is 2. The normalized spacial score (nSPS) is 12.9. The Labute approximate surface area is 119 Å². The molecule has 0 amide bonds. The Kier molecular flexibility index (Phi) is 2.96. The number of thiophene rings is 1. The van der Waals surface area contributed by atoms with Gasteiger partial charge in [-0.2, -0.15) is 0 Å². The standard InChI is InChI=1S/C15H11ClO2S/c1-8(15(17)18)9-2-4-11-12-7-10(16)3-5-13(12)19-14(11)6-9/h2-8H,1H3,(H,17,18). The van der Waals surface area contributed by atoms with E-state index < -0.39 is 11.9 Å². The van der Waals surface area contributed by atoms with Crippen molar-refractivity contribution in [1.29, 1.82) is 0 Å². The molecular formula is C15H11ClO2S. The fraction of sp³-hybridized carbons (Fsp3) is 0.133. The van der Waals surface area contributed by atoms with Gasteiger partial charge >= 0.3 is 5.97 Å². The average Bonchev–Trinajstić information content (AvgIpc) is 2.74. The van der Waals surface area contributed by atoms with Crippen molar-refractivity contribution in [2.24, 2.45) is 0 Å². The highest BCUT2D eigenvalue weighted by atomic mass is 35.5. The molecule has 0 radical (unpaired) electrons. The fourth-order valence-electron chi connectivity index (χ4n) is 2.18. The van der Waals surface area contributed by atoms with Gasteiger partial charge in [0.1, 0.15) is 0 Å². The van der Waals surface area contributed by atoms with Crippen LogP contribution in [0.5, 0.6) is 0 Å². The van der Waals surface area contributed by atoms with E-state index in [9.17, 15) is 4.79 Å². The molecule has 1 heterocycles. The Balaban J connectivity index is 2.24. The summed E-state index contributed by atoms with van der Waals surface area (Å²) in [7, 11) is 0. The Morgan fingerprint density at radius 2 is 1.95 bits per heavy atom. The Morgan fingerprint density at radius 1 is 1.16 bits per heavy atom. The molecule has 0 aliphatic rings. The van der Waals surface area contributed by atoms with E-state index in [0.717, 1.165) is 26.1 Å². The number of hydrogen-bond acceptors (Lipinski definition) is 2. The second kappa shape index (κ2) is 4.51. The molecular weight excluding hydrogens is 280 g/mol. The van der Waals surface area contributed by atoms with Gasteiger partial charge in [0.15, 0.2) is 0 Å². The van der Waals surface area contributed by atoms with Gasteiger partial charge in [-0.1, -0.05) is 23.7 Å². The molecule has 1 aromatic heterocycles. The number of fused-ring (bicyclic) bond motifs is 3. The van der Waals surface area contributed by atoms with Gasteiger partial charge in [-0.3, -0.25) is 4.79 Å². The molecule has 96 valence electrons. The second-order valence-electron chi connectivity index (χ2n) is 4.56. The van der Waals surface area contributed by atoms with E-state index in [4.69, 9.17) is 16.7 Å². The molecule has 0 saturated heterocycles. The van der Waals surface area contributed by atoms with Crippen molar-refractivity contribution >= 4 is 49.1 Å². The van der Waals surface area contributed by atoms with Crippen LogP contribution in [0.2, 0.25) is 5.02 Å². The third-order valence-corrected chi connectivity index (χ3v) is 4.70. The summed E-state index contributed by atoms with van der Waals surface area (Å²) in [5, 5.41) is 12.0. The number of carboxylic acids is 1. The van der Waals surface area contributed by atoms with Gasteiger partial charge in [-0.05, 0) is 36.8 Å². The van der Waals surface area contributed by atoms with Crippen LogP contribution in [0.15, 0.2) is 36.4 Å². The first-order chi connectivity index (χ1) is 9.06. The third kappa shape index (κ3) is 2.09. The summed E-state index contributed by atoms with van der Waals surface area (Å²) in [6, 6.07) is 11.7. The molecule has 0 fully saturated rings. The number of halogens is 1. The summed E-state index contributed by atoms with van der Waals surface area (Å²) in [5.41, 5.74) is 0.831. The number of carbonyl (C=O) groups is 1. The smallest absolute Gasteiger partial charge is 0.310 e. The van der Waals surface area contributed by atoms with Gasteiger partial charge in [0.2, 0.25) is 0 Å². The molecule has 4 heteroatoms. The number of aliphatic carboxylic acids is 1. The summed E-state index contributed by atoms with van der Waals surface area (Å²) in [4.78, 5) is 11.0. The van der Waals surface area contributed by atoms with Gasteiger partial charge < -0.3 is 5.11 Å². The van der Waals surface area contributed by atoms with E-state index in [1.54, 1.807) is 18.3 Å². The van der Waals surface area contributed by atoms with Crippen LogP contribution in [0.3, 0.4) is 0 Å². The molecule has 1 atom stereocenters. The van der Waals surface area contributed by atoms with Crippen LogP contribution in [0, 0.1) is 0 Å². The first-order valence-electron chi connectivity index (χ1n) is 5.91. The predicted octanol–water partition coefficient (Wildman–Crippen LogP) is 4.90. The summed E-state index contributed by atoms with van der Waals surface area (Å²) in [6.07, 6.45) is 0. The van der Waals surface area contributed by atoms with Crippen LogP contribution in [-0.2, 0) is 4.79 Å². The zero-order chi connectivity index (χ0) is 13.6. The van der Waals surface area contributed by atoms with Crippen molar-refractivity contribution in [1.82, 2.24) is 0 Å². The molecule has 0 aliphatic carbocycles. The third-order valence-electron chi connectivity index (χ3n) is 3.33. The van der Waals surface area contributed by atoms with E-state index in [1.165, 1.54) is 4.70 Å². The molecule has 0 spiro atoms. The molecule has 3 aromatic rings. The zero-order valence-electron chi connectivity index (χ0n) is 10.2. The highest BCUT2D eigenvalue weighted by Crippen LogP contribution is 2.36. The van der Waals surface area contributed by atoms with Gasteiger partial charge in [0.05, 0.1) is 5.92 Å². The Morgan fingerprint density at radius 3 is 2.68 bits per heavy atom. The molecule has 0 aliphatic heterocycles. The first kappa shape index (κ1) is 12.5. The van der Waals surface area contributed by atoms with Gasteiger partial charge in [-0.25, -0.2) is 0 Å². The average molecular weight is 291 g/mol. The topological polar surface area (TPSA) is 37.3 Å². The van der Waals surface area contributed by atoms with Crippen molar-refractivity contribution in [3.05, 3.63) is 47.0 Å². The lowest BCUT2D eigenvalue weighted by Gasteiger charge is -2.06. The lowest BCUT2D eigenvalue weighted by Crippen LogP contribution is -2.06. The van der Waals surface area contributed by atoms with E-state index in [2.05, 4.69) is 0 Å². The van der Waals surface area contributed by atoms with Crippen molar-refractivity contribution in [3.8, 4) is 0 Å². The largest absolute Gasteiger partial charge is 0.481 e. The van der Waals surface area contributed by atoms with Crippen molar-refractivity contribution in [3.63, 3.8) is 0 Å². The number of carboxylic acid groups (broad SMARTS) is 1. The maximum Gasteiger partial charge on any atom is 0.310 e. The number of benzene rings is 2. The van der Waals surface area contributed by atoms with Crippen LogP contribution >= 0.6 is 22.9 Å². The molecule has 19 heavy (non-hydrogen) atoms. The summed E-state index contributed by atoms with van der Waals surface area (Å²) in [5.74, 6) is -1.29. The van der Waals surface area contributed by atoms with Crippen molar-refractivity contribution < 1.29 is 9.90 Å². The lowest BCUT2D eigenvalue weighted by atomic mass is 10.00. The molecule has 2 nitrogen and oxygen atoms in total. The highest BCUT2D eigenvalue weighted by Gasteiger charge is 2.15. The summed E-state index contributed by atoms with van der Waals surface area (Å²) < 4.78 is 2.27. The second-order valence-corrected chi connectivity index (χ2v) is 6.08. The quantitative estimate of drug-likeness (QED) is 0.729. The summed E-state index contributed by atoms with van der Waals surface area (Å²) in [6.45, 7) is 1.70. The van der Waals surface area contributed by atoms with Gasteiger partial charge in [-0.15, -0.1) is 11.3 Å². The Bertz CT molecular complexity index is 791. The minimum Gasteiger partial charge on any atom is -0.481 e. The minimum atomic E-state index is -0.802. The molecule has 0 bridgehead atoms. The summed E-state index contributed by atoms with van der Waals surface area (Å²) >= 11 is 7.69. The van der Waals surface area contributed by atoms with Crippen molar-refractivity contribution in [2.45, 2.75) is 12.8 Å². The molecule has 1 unspecified atom stereocenters. The molecule has 1 N–H and O–H groups in total. The van der Waals surface area contributed by atoms with Crippen LogP contribution < -0.4 is 0 Å². The van der Waals surface area contributed by atoms with Crippen LogP contribution in [0.1, 0.15) is 18.4 Å². The van der Waals surface area contributed by atoms with E-state index in [1.807, 2.05) is 36.4 Å². The lowest BCUT2D eigenvalue weighted by molar-refractivity contribution is -0.138. The monoisotopic (exact) mass is 290 g/mol. The molecule has 2 aromatic carbocycles. The van der Waals surface area contributed by atoms with Crippen LogP contribution in [0.4, 0.5) is 0 Å².